The van der Waals surface area contributed by atoms with Crippen LogP contribution in [0.4, 0.5) is 0 Å². The molecule has 1 fully saturated rings. The highest BCUT2D eigenvalue weighted by atomic mass is 127. The number of rotatable bonds is 1. The summed E-state index contributed by atoms with van der Waals surface area (Å²) in [5, 5.41) is 27.3. The SMILES string of the molecule is OCC1(O)CC(I)C(O)CO1. The van der Waals surface area contributed by atoms with Crippen LogP contribution in [0.3, 0.4) is 0 Å². The topological polar surface area (TPSA) is 69.9 Å². The molecule has 1 rings (SSSR count). The molecule has 1 aliphatic rings. The molecule has 4 nitrogen and oxygen atoms in total. The highest BCUT2D eigenvalue weighted by Crippen LogP contribution is 2.27. The van der Waals surface area contributed by atoms with Crippen LogP contribution >= 0.6 is 22.6 Å². The highest BCUT2D eigenvalue weighted by Gasteiger charge is 2.38. The van der Waals surface area contributed by atoms with Gasteiger partial charge in [-0.15, -0.1) is 0 Å². The maximum Gasteiger partial charge on any atom is 0.190 e. The van der Waals surface area contributed by atoms with Gasteiger partial charge in [0.1, 0.15) is 0 Å². The zero-order chi connectivity index (χ0) is 8.48. The smallest absolute Gasteiger partial charge is 0.190 e. The lowest BCUT2D eigenvalue weighted by Crippen LogP contribution is -2.49. The van der Waals surface area contributed by atoms with Crippen LogP contribution in [0.1, 0.15) is 6.42 Å². The summed E-state index contributed by atoms with van der Waals surface area (Å²) in [6, 6.07) is 0. The third kappa shape index (κ3) is 2.25. The van der Waals surface area contributed by atoms with Gasteiger partial charge in [-0.2, -0.15) is 0 Å². The molecular formula is C6H11IO4. The first-order valence-electron chi connectivity index (χ1n) is 3.37. The average Bonchev–Trinajstić information content (AvgIpc) is 1.98. The predicted octanol–water partition coefficient (Wildman–Crippen LogP) is -0.748. The number of halogens is 1. The van der Waals surface area contributed by atoms with Gasteiger partial charge in [-0.1, -0.05) is 22.6 Å². The Bertz CT molecular complexity index is 143. The third-order valence-corrected chi connectivity index (χ3v) is 2.97. The average molecular weight is 274 g/mol. The van der Waals surface area contributed by atoms with E-state index in [-0.39, 0.29) is 17.0 Å². The number of hydrogen-bond acceptors (Lipinski definition) is 4. The summed E-state index contributed by atoms with van der Waals surface area (Å²) in [7, 11) is 0. The van der Waals surface area contributed by atoms with Gasteiger partial charge < -0.3 is 20.1 Å². The van der Waals surface area contributed by atoms with Crippen LogP contribution < -0.4 is 0 Å². The zero-order valence-electron chi connectivity index (χ0n) is 5.90. The molecule has 0 aromatic rings. The van der Waals surface area contributed by atoms with Crippen molar-refractivity contribution >= 4 is 22.6 Å². The fraction of sp³-hybridized carbons (Fsp3) is 1.00. The molecule has 5 heteroatoms. The van der Waals surface area contributed by atoms with E-state index in [9.17, 15) is 10.2 Å². The Balaban J connectivity index is 2.51. The predicted molar refractivity (Wildman–Crippen MR) is 46.4 cm³/mol. The van der Waals surface area contributed by atoms with Crippen molar-refractivity contribution in [1.29, 1.82) is 0 Å². The molecule has 3 unspecified atom stereocenters. The number of aliphatic hydroxyl groups excluding tert-OH is 2. The minimum Gasteiger partial charge on any atom is -0.391 e. The first-order valence-corrected chi connectivity index (χ1v) is 4.61. The fourth-order valence-electron chi connectivity index (χ4n) is 0.955. The van der Waals surface area contributed by atoms with Gasteiger partial charge in [-0.25, -0.2) is 0 Å². The summed E-state index contributed by atoms with van der Waals surface area (Å²) >= 11 is 2.03. The molecule has 0 aromatic carbocycles. The molecule has 66 valence electrons. The molecule has 3 atom stereocenters. The molecule has 11 heavy (non-hydrogen) atoms. The van der Waals surface area contributed by atoms with Crippen LogP contribution in [0.15, 0.2) is 0 Å². The minimum atomic E-state index is -1.44. The lowest BCUT2D eigenvalue weighted by Gasteiger charge is -2.35. The largest absolute Gasteiger partial charge is 0.391 e. The molecule has 3 N–H and O–H groups in total. The van der Waals surface area contributed by atoms with Crippen molar-refractivity contribution < 1.29 is 20.1 Å². The molecule has 1 saturated heterocycles. The lowest BCUT2D eigenvalue weighted by molar-refractivity contribution is -0.256. The quantitative estimate of drug-likeness (QED) is 0.435. The summed E-state index contributed by atoms with van der Waals surface area (Å²) in [6.45, 7) is -0.329. The molecule has 0 aromatic heterocycles. The Morgan fingerprint density at radius 3 is 2.73 bits per heavy atom. The van der Waals surface area contributed by atoms with E-state index in [4.69, 9.17) is 9.84 Å². The molecule has 0 radical (unpaired) electrons. The Morgan fingerprint density at radius 2 is 2.27 bits per heavy atom. The van der Waals surface area contributed by atoms with Crippen LogP contribution in [0, 0.1) is 0 Å². The maximum atomic E-state index is 9.38. The van der Waals surface area contributed by atoms with Gasteiger partial charge in [-0.05, 0) is 0 Å². The van der Waals surface area contributed by atoms with E-state index in [2.05, 4.69) is 0 Å². The van der Waals surface area contributed by atoms with Gasteiger partial charge in [0.15, 0.2) is 5.79 Å². The summed E-state index contributed by atoms with van der Waals surface area (Å²) in [5.74, 6) is -1.44. The van der Waals surface area contributed by atoms with Crippen LogP contribution in [0.5, 0.6) is 0 Å². The molecule has 0 bridgehead atoms. The molecule has 1 heterocycles. The van der Waals surface area contributed by atoms with Crippen molar-refractivity contribution in [2.75, 3.05) is 13.2 Å². The Kier molecular flexibility index (Phi) is 3.10. The minimum absolute atomic E-state index is 0.0569. The number of alkyl halides is 1. The van der Waals surface area contributed by atoms with Crippen molar-refractivity contribution in [2.24, 2.45) is 0 Å². The lowest BCUT2D eigenvalue weighted by atomic mass is 10.0. The summed E-state index contributed by atoms with van der Waals surface area (Å²) < 4.78 is 4.79. The van der Waals surface area contributed by atoms with Crippen molar-refractivity contribution in [3.8, 4) is 0 Å². The van der Waals surface area contributed by atoms with Gasteiger partial charge >= 0.3 is 0 Å². The van der Waals surface area contributed by atoms with Gasteiger partial charge in [0, 0.05) is 10.3 Å². The zero-order valence-corrected chi connectivity index (χ0v) is 8.06. The van der Waals surface area contributed by atoms with E-state index >= 15 is 0 Å². The van der Waals surface area contributed by atoms with Gasteiger partial charge in [0.25, 0.3) is 0 Å². The van der Waals surface area contributed by atoms with Crippen molar-refractivity contribution in [3.63, 3.8) is 0 Å². The van der Waals surface area contributed by atoms with Crippen LogP contribution in [-0.4, -0.2) is 44.3 Å². The molecule has 0 saturated carbocycles. The summed E-state index contributed by atoms with van der Waals surface area (Å²) in [4.78, 5) is 0. The molecule has 1 aliphatic heterocycles. The third-order valence-electron chi connectivity index (χ3n) is 1.70. The Morgan fingerprint density at radius 1 is 1.64 bits per heavy atom. The van der Waals surface area contributed by atoms with Crippen molar-refractivity contribution in [2.45, 2.75) is 22.2 Å². The second-order valence-electron chi connectivity index (χ2n) is 2.70. The second-order valence-corrected chi connectivity index (χ2v) is 4.30. The molecular weight excluding hydrogens is 263 g/mol. The standard InChI is InChI=1S/C6H11IO4/c7-4-1-6(10,3-8)11-2-5(4)9/h4-5,8-10H,1-3H2. The monoisotopic (exact) mass is 274 g/mol. The van der Waals surface area contributed by atoms with E-state index in [1.165, 1.54) is 0 Å². The Hall–Kier alpha value is 0.570. The number of aliphatic hydroxyl groups is 3. The molecule has 0 amide bonds. The normalized spacial score (nSPS) is 45.8. The summed E-state index contributed by atoms with van der Waals surface area (Å²) in [6.07, 6.45) is -0.270. The van der Waals surface area contributed by atoms with Gasteiger partial charge in [-0.3, -0.25) is 0 Å². The molecule has 0 aliphatic carbocycles. The van der Waals surface area contributed by atoms with E-state index in [0.29, 0.717) is 0 Å². The van der Waals surface area contributed by atoms with Crippen LogP contribution in [0.2, 0.25) is 0 Å². The van der Waals surface area contributed by atoms with E-state index in [1.807, 2.05) is 22.6 Å². The van der Waals surface area contributed by atoms with Crippen molar-refractivity contribution in [3.05, 3.63) is 0 Å². The van der Waals surface area contributed by atoms with Crippen LogP contribution in [0.25, 0.3) is 0 Å². The van der Waals surface area contributed by atoms with E-state index < -0.39 is 18.5 Å². The van der Waals surface area contributed by atoms with E-state index in [1.54, 1.807) is 0 Å². The first-order chi connectivity index (χ1) is 5.07. The van der Waals surface area contributed by atoms with E-state index in [0.717, 1.165) is 0 Å². The Labute approximate surface area is 78.3 Å². The maximum absolute atomic E-state index is 9.38. The second kappa shape index (κ2) is 3.53. The fourth-order valence-corrected chi connectivity index (χ4v) is 1.85. The number of hydrogen-bond donors (Lipinski definition) is 3. The first kappa shape index (κ1) is 9.66. The van der Waals surface area contributed by atoms with Crippen LogP contribution in [-0.2, 0) is 4.74 Å². The summed E-state index contributed by atoms with van der Waals surface area (Å²) in [5.41, 5.74) is 0. The molecule has 0 spiro atoms. The number of ether oxygens (including phenoxy) is 1. The van der Waals surface area contributed by atoms with Crippen molar-refractivity contribution in [1.82, 2.24) is 0 Å². The van der Waals surface area contributed by atoms with Gasteiger partial charge in [0.2, 0.25) is 0 Å². The van der Waals surface area contributed by atoms with Gasteiger partial charge in [0.05, 0.1) is 19.3 Å². The highest BCUT2D eigenvalue weighted by molar-refractivity contribution is 14.1.